The number of carbonyl (C=O) groups is 1. The van der Waals surface area contributed by atoms with Crippen molar-refractivity contribution in [3.63, 3.8) is 0 Å². The van der Waals surface area contributed by atoms with Gasteiger partial charge in [-0.1, -0.05) is 17.3 Å². The lowest BCUT2D eigenvalue weighted by Crippen LogP contribution is -2.30. The van der Waals surface area contributed by atoms with Gasteiger partial charge in [0.25, 0.3) is 5.91 Å². The molecule has 0 atom stereocenters. The van der Waals surface area contributed by atoms with Crippen LogP contribution < -0.4 is 5.73 Å². The Balaban J connectivity index is 3.03. The Bertz CT molecular complexity index is 426. The molecule has 0 fully saturated rings. The Hall–Kier alpha value is -2.04. The van der Waals surface area contributed by atoms with Crippen LogP contribution in [0.5, 0.6) is 0 Å². The molecule has 0 spiro atoms. The maximum Gasteiger partial charge on any atom is 0.253 e. The van der Waals surface area contributed by atoms with Crippen LogP contribution in [0.1, 0.15) is 29.8 Å². The Morgan fingerprint density at radius 1 is 1.35 bits per heavy atom. The van der Waals surface area contributed by atoms with E-state index in [1.165, 1.54) is 0 Å². The second kappa shape index (κ2) is 5.89. The van der Waals surface area contributed by atoms with Crippen molar-refractivity contribution in [1.82, 2.24) is 4.90 Å². The molecular formula is C12H17N3O2. The molecule has 1 amide bonds. The van der Waals surface area contributed by atoms with Crippen LogP contribution in [-0.4, -0.2) is 34.9 Å². The molecule has 17 heavy (non-hydrogen) atoms. The van der Waals surface area contributed by atoms with Crippen LogP contribution in [0.3, 0.4) is 0 Å². The van der Waals surface area contributed by atoms with E-state index in [2.05, 4.69) is 5.16 Å². The molecule has 0 radical (unpaired) electrons. The average Bonchev–Trinajstić information content (AvgIpc) is 2.39. The van der Waals surface area contributed by atoms with Crippen LogP contribution in [0.2, 0.25) is 0 Å². The minimum Gasteiger partial charge on any atom is -0.409 e. The van der Waals surface area contributed by atoms with Crippen molar-refractivity contribution < 1.29 is 10.0 Å². The second-order valence-corrected chi connectivity index (χ2v) is 3.54. The zero-order valence-electron chi connectivity index (χ0n) is 10.1. The van der Waals surface area contributed by atoms with Gasteiger partial charge in [0.05, 0.1) is 0 Å². The molecule has 0 aromatic heterocycles. The Morgan fingerprint density at radius 2 is 1.94 bits per heavy atom. The molecule has 0 aliphatic rings. The molecule has 5 nitrogen and oxygen atoms in total. The summed E-state index contributed by atoms with van der Waals surface area (Å²) in [5.41, 5.74) is 6.55. The van der Waals surface area contributed by atoms with Gasteiger partial charge in [-0.05, 0) is 26.0 Å². The first-order chi connectivity index (χ1) is 8.13. The summed E-state index contributed by atoms with van der Waals surface area (Å²) in [7, 11) is 0. The van der Waals surface area contributed by atoms with E-state index in [-0.39, 0.29) is 11.7 Å². The summed E-state index contributed by atoms with van der Waals surface area (Å²) in [5, 5.41) is 11.5. The van der Waals surface area contributed by atoms with E-state index >= 15 is 0 Å². The van der Waals surface area contributed by atoms with Crippen molar-refractivity contribution in [2.24, 2.45) is 10.9 Å². The first-order valence-corrected chi connectivity index (χ1v) is 5.51. The molecular weight excluding hydrogens is 218 g/mol. The first-order valence-electron chi connectivity index (χ1n) is 5.51. The highest BCUT2D eigenvalue weighted by Crippen LogP contribution is 2.08. The third kappa shape index (κ3) is 2.96. The van der Waals surface area contributed by atoms with E-state index in [1.807, 2.05) is 13.8 Å². The van der Waals surface area contributed by atoms with E-state index in [9.17, 15) is 4.79 Å². The molecule has 1 aromatic carbocycles. The SMILES string of the molecule is CCN(CC)C(=O)c1cccc(/C(N)=N/O)c1. The Kier molecular flexibility index (Phi) is 4.51. The maximum atomic E-state index is 12.1. The third-order valence-electron chi connectivity index (χ3n) is 2.56. The number of amides is 1. The van der Waals surface area contributed by atoms with Crippen molar-refractivity contribution in [3.8, 4) is 0 Å². The van der Waals surface area contributed by atoms with Gasteiger partial charge in [-0.15, -0.1) is 0 Å². The zero-order valence-corrected chi connectivity index (χ0v) is 10.1. The predicted molar refractivity (Wildman–Crippen MR) is 66.2 cm³/mol. The molecule has 0 saturated carbocycles. The van der Waals surface area contributed by atoms with Crippen LogP contribution in [0.25, 0.3) is 0 Å². The van der Waals surface area contributed by atoms with Crippen LogP contribution in [0.4, 0.5) is 0 Å². The Labute approximate surface area is 101 Å². The Morgan fingerprint density at radius 3 is 2.47 bits per heavy atom. The highest BCUT2D eigenvalue weighted by molar-refractivity contribution is 6.01. The van der Waals surface area contributed by atoms with E-state index in [0.717, 1.165) is 0 Å². The van der Waals surface area contributed by atoms with Gasteiger partial charge in [-0.3, -0.25) is 4.79 Å². The summed E-state index contributed by atoms with van der Waals surface area (Å²) in [5.74, 6) is -0.0539. The van der Waals surface area contributed by atoms with Gasteiger partial charge >= 0.3 is 0 Å². The van der Waals surface area contributed by atoms with E-state index in [0.29, 0.717) is 24.2 Å². The van der Waals surface area contributed by atoms with Crippen LogP contribution in [0, 0.1) is 0 Å². The summed E-state index contributed by atoms with van der Waals surface area (Å²) < 4.78 is 0. The lowest BCUT2D eigenvalue weighted by molar-refractivity contribution is 0.0773. The normalized spacial score (nSPS) is 11.3. The molecule has 1 rings (SSSR count). The summed E-state index contributed by atoms with van der Waals surface area (Å²) in [4.78, 5) is 13.8. The molecule has 0 saturated heterocycles. The van der Waals surface area contributed by atoms with Gasteiger partial charge in [-0.2, -0.15) is 0 Å². The monoisotopic (exact) mass is 235 g/mol. The smallest absolute Gasteiger partial charge is 0.253 e. The lowest BCUT2D eigenvalue weighted by atomic mass is 10.1. The lowest BCUT2D eigenvalue weighted by Gasteiger charge is -2.18. The maximum absolute atomic E-state index is 12.1. The van der Waals surface area contributed by atoms with Gasteiger partial charge in [0.15, 0.2) is 5.84 Å². The van der Waals surface area contributed by atoms with E-state index in [1.54, 1.807) is 29.2 Å². The second-order valence-electron chi connectivity index (χ2n) is 3.54. The number of nitrogens with two attached hydrogens (primary N) is 1. The average molecular weight is 235 g/mol. The number of oxime groups is 1. The van der Waals surface area contributed by atoms with Crippen LogP contribution >= 0.6 is 0 Å². The van der Waals surface area contributed by atoms with E-state index < -0.39 is 0 Å². The fourth-order valence-electron chi connectivity index (χ4n) is 1.56. The minimum absolute atomic E-state index is 0.000744. The zero-order chi connectivity index (χ0) is 12.8. The molecule has 0 aliphatic heterocycles. The molecule has 0 heterocycles. The molecule has 3 N–H and O–H groups in total. The topological polar surface area (TPSA) is 78.9 Å². The van der Waals surface area contributed by atoms with Crippen LogP contribution in [0.15, 0.2) is 29.4 Å². The van der Waals surface area contributed by atoms with E-state index in [4.69, 9.17) is 10.9 Å². The van der Waals surface area contributed by atoms with Crippen molar-refractivity contribution in [1.29, 1.82) is 0 Å². The van der Waals surface area contributed by atoms with Gasteiger partial charge in [0.2, 0.25) is 0 Å². The third-order valence-corrected chi connectivity index (χ3v) is 2.56. The molecule has 0 bridgehead atoms. The summed E-state index contributed by atoms with van der Waals surface area (Å²) in [6, 6.07) is 6.74. The summed E-state index contributed by atoms with van der Waals surface area (Å²) in [6.45, 7) is 5.16. The summed E-state index contributed by atoms with van der Waals surface area (Å²) in [6.07, 6.45) is 0. The number of rotatable bonds is 4. The predicted octanol–water partition coefficient (Wildman–Crippen LogP) is 1.26. The van der Waals surface area contributed by atoms with Crippen LogP contribution in [-0.2, 0) is 0 Å². The van der Waals surface area contributed by atoms with Crippen molar-refractivity contribution in [2.45, 2.75) is 13.8 Å². The molecule has 5 heteroatoms. The standard InChI is InChI=1S/C12H17N3O2/c1-3-15(4-2)12(16)10-7-5-6-9(8-10)11(13)14-17/h5-8,17H,3-4H2,1-2H3,(H2,13,14). The number of carbonyl (C=O) groups excluding carboxylic acids is 1. The number of benzene rings is 1. The molecule has 1 aromatic rings. The molecule has 0 unspecified atom stereocenters. The van der Waals surface area contributed by atoms with Gasteiger partial charge in [-0.25, -0.2) is 0 Å². The fraction of sp³-hybridized carbons (Fsp3) is 0.333. The van der Waals surface area contributed by atoms with Crippen molar-refractivity contribution >= 4 is 11.7 Å². The quantitative estimate of drug-likeness (QED) is 0.357. The van der Waals surface area contributed by atoms with Crippen molar-refractivity contribution in [2.75, 3.05) is 13.1 Å². The van der Waals surface area contributed by atoms with Crippen molar-refractivity contribution in [3.05, 3.63) is 35.4 Å². The first kappa shape index (κ1) is 13.0. The fourth-order valence-corrected chi connectivity index (χ4v) is 1.56. The number of amidine groups is 1. The minimum atomic E-state index is -0.0532. The largest absolute Gasteiger partial charge is 0.409 e. The number of hydrogen-bond acceptors (Lipinski definition) is 3. The highest BCUT2D eigenvalue weighted by atomic mass is 16.4. The molecule has 92 valence electrons. The van der Waals surface area contributed by atoms with Gasteiger partial charge in [0, 0.05) is 24.2 Å². The summed E-state index contributed by atoms with van der Waals surface area (Å²) >= 11 is 0. The van der Waals surface area contributed by atoms with Gasteiger partial charge < -0.3 is 15.8 Å². The number of nitrogens with zero attached hydrogens (tertiary/aromatic N) is 2. The number of hydrogen-bond donors (Lipinski definition) is 2. The van der Waals surface area contributed by atoms with Gasteiger partial charge in [0.1, 0.15) is 0 Å². The highest BCUT2D eigenvalue weighted by Gasteiger charge is 2.13. The molecule has 0 aliphatic carbocycles.